The van der Waals surface area contributed by atoms with Crippen LogP contribution in [0.3, 0.4) is 0 Å². The van der Waals surface area contributed by atoms with Crippen LogP contribution < -0.4 is 27.2 Å². The molecule has 3 amide bonds. The van der Waals surface area contributed by atoms with E-state index in [1.165, 1.54) is 5.56 Å². The quantitative estimate of drug-likeness (QED) is 0.272. The maximum Gasteiger partial charge on any atom is 0.410 e. The molecule has 0 radical (unpaired) electrons. The molecule has 0 atom stereocenters. The number of carbonyl (C=O) groups excluding carboxylic acids is 3. The fraction of sp³-hybridized carbons (Fsp3) is 0.333. The molecular weight excluding hydrogens is 596 g/mol. The monoisotopic (exact) mass is 628 g/mol. The highest BCUT2D eigenvalue weighted by atomic mass is 79.9. The van der Waals surface area contributed by atoms with Crippen molar-refractivity contribution in [2.24, 2.45) is 0 Å². The molecule has 0 aliphatic carbocycles. The van der Waals surface area contributed by atoms with Crippen LogP contribution in [-0.2, 0) is 29.0 Å². The first kappa shape index (κ1) is 31.1. The summed E-state index contributed by atoms with van der Waals surface area (Å²) in [5.74, 6) is -0.404. The molecule has 3 aromatic rings. The first-order valence-electron chi connectivity index (χ1n) is 13.3. The number of rotatable bonds is 10. The van der Waals surface area contributed by atoms with E-state index in [2.05, 4.69) is 34.2 Å². The minimum absolute atomic E-state index is 0. The Morgan fingerprint density at radius 1 is 1.05 bits per heavy atom. The number of carbonyl (C=O) groups is 3. The maximum absolute atomic E-state index is 13.5. The van der Waals surface area contributed by atoms with Gasteiger partial charge >= 0.3 is 6.09 Å². The average Bonchev–Trinajstić information content (AvgIpc) is 2.95. The Morgan fingerprint density at radius 2 is 1.77 bits per heavy atom. The molecule has 1 N–H and O–H groups in total. The molecule has 2 aromatic carbocycles. The molecule has 1 aliphatic heterocycles. The second-order valence-corrected chi connectivity index (χ2v) is 10.3. The largest absolute Gasteiger partial charge is 1.00 e. The highest BCUT2D eigenvalue weighted by molar-refractivity contribution is 9.10. The molecule has 2 heterocycles. The number of benzene rings is 2. The summed E-state index contributed by atoms with van der Waals surface area (Å²) in [7, 11) is 0. The summed E-state index contributed by atoms with van der Waals surface area (Å²) in [4.78, 5) is 41.9. The molecular formula is C30H34BrClN4O4. The SMILES string of the molecule is CCC[n+]1cc(Br)cc(C(=O)N(CCC(=O)NCCOC(=O)N2CCc3ccccc3C2)c2ccccc2)c1.[Cl-]. The van der Waals surface area contributed by atoms with Gasteiger partial charge in [0.05, 0.1) is 11.0 Å². The summed E-state index contributed by atoms with van der Waals surface area (Å²) in [5, 5.41) is 2.79. The minimum atomic E-state index is -0.381. The molecule has 4 rings (SSSR count). The van der Waals surface area contributed by atoms with Crippen molar-refractivity contribution in [3.63, 3.8) is 0 Å². The highest BCUT2D eigenvalue weighted by Crippen LogP contribution is 2.20. The summed E-state index contributed by atoms with van der Waals surface area (Å²) in [6.07, 6.45) is 5.25. The number of amides is 3. The smallest absolute Gasteiger partial charge is 0.410 e. The van der Waals surface area contributed by atoms with E-state index < -0.39 is 0 Å². The lowest BCUT2D eigenvalue weighted by Gasteiger charge is -2.28. The predicted octanol–water partition coefficient (Wildman–Crippen LogP) is 1.50. The van der Waals surface area contributed by atoms with Crippen LogP contribution in [0.15, 0.2) is 77.5 Å². The number of aromatic nitrogens is 1. The first-order chi connectivity index (χ1) is 18.9. The van der Waals surface area contributed by atoms with Crippen molar-refractivity contribution in [1.29, 1.82) is 0 Å². The van der Waals surface area contributed by atoms with Gasteiger partial charge in [0.2, 0.25) is 5.91 Å². The van der Waals surface area contributed by atoms with Crippen LogP contribution in [-0.4, -0.2) is 49.0 Å². The molecule has 1 aliphatic rings. The van der Waals surface area contributed by atoms with Gasteiger partial charge in [-0.2, -0.15) is 0 Å². The zero-order valence-electron chi connectivity index (χ0n) is 22.5. The fourth-order valence-electron chi connectivity index (χ4n) is 4.59. The summed E-state index contributed by atoms with van der Waals surface area (Å²) in [6, 6.07) is 19.2. The van der Waals surface area contributed by atoms with Gasteiger partial charge in [0.25, 0.3) is 5.91 Å². The maximum atomic E-state index is 13.5. The standard InChI is InChI=1S/C30H33BrN4O4.ClH/c1-2-15-33-20-25(19-26(31)22-33)29(37)35(27-10-4-3-5-11-27)17-13-28(36)32-14-18-39-30(38)34-16-12-23-8-6-7-9-24(23)21-34;/h3-11,19-20,22H,2,12-18,21H2,1H3;1H. The molecule has 10 heteroatoms. The van der Waals surface area contributed by atoms with E-state index in [-0.39, 0.29) is 56.4 Å². The minimum Gasteiger partial charge on any atom is -1.00 e. The van der Waals surface area contributed by atoms with Gasteiger partial charge in [-0.3, -0.25) is 9.59 Å². The van der Waals surface area contributed by atoms with E-state index in [0.717, 1.165) is 29.4 Å². The molecule has 0 bridgehead atoms. The van der Waals surface area contributed by atoms with Crippen LogP contribution in [0, 0.1) is 0 Å². The summed E-state index contributed by atoms with van der Waals surface area (Å²) < 4.78 is 8.18. The Balaban J connectivity index is 0.00000441. The van der Waals surface area contributed by atoms with Crippen molar-refractivity contribution in [3.8, 4) is 0 Å². The van der Waals surface area contributed by atoms with Crippen LogP contribution in [0.2, 0.25) is 0 Å². The number of ether oxygens (including phenoxy) is 1. The molecule has 1 aromatic heterocycles. The second kappa shape index (κ2) is 15.4. The van der Waals surface area contributed by atoms with Gasteiger partial charge in [-0.05, 0) is 51.7 Å². The van der Waals surface area contributed by atoms with Gasteiger partial charge in [0.15, 0.2) is 12.4 Å². The van der Waals surface area contributed by atoms with Crippen molar-refractivity contribution in [3.05, 3.63) is 94.2 Å². The molecule has 0 fully saturated rings. The van der Waals surface area contributed by atoms with Gasteiger partial charge in [0.1, 0.15) is 18.7 Å². The molecule has 212 valence electrons. The lowest BCUT2D eigenvalue weighted by molar-refractivity contribution is -0.697. The van der Waals surface area contributed by atoms with Crippen LogP contribution >= 0.6 is 15.9 Å². The van der Waals surface area contributed by atoms with Crippen molar-refractivity contribution in [2.75, 3.05) is 31.1 Å². The summed E-state index contributed by atoms with van der Waals surface area (Å²) >= 11 is 3.50. The number of halogens is 2. The van der Waals surface area contributed by atoms with Crippen molar-refractivity contribution >= 4 is 39.5 Å². The van der Waals surface area contributed by atoms with E-state index in [9.17, 15) is 14.4 Å². The van der Waals surface area contributed by atoms with E-state index in [0.29, 0.717) is 24.3 Å². The van der Waals surface area contributed by atoms with Crippen LogP contribution in [0.1, 0.15) is 41.3 Å². The number of fused-ring (bicyclic) bond motifs is 1. The number of nitrogens with zero attached hydrogens (tertiary/aromatic N) is 3. The van der Waals surface area contributed by atoms with Crippen LogP contribution in [0.25, 0.3) is 0 Å². The predicted molar refractivity (Wildman–Crippen MR) is 152 cm³/mol. The number of anilines is 1. The van der Waals surface area contributed by atoms with E-state index in [4.69, 9.17) is 4.74 Å². The van der Waals surface area contributed by atoms with Gasteiger partial charge in [-0.15, -0.1) is 0 Å². The van der Waals surface area contributed by atoms with E-state index in [1.54, 1.807) is 15.9 Å². The first-order valence-corrected chi connectivity index (χ1v) is 14.1. The Morgan fingerprint density at radius 3 is 2.52 bits per heavy atom. The third-order valence-corrected chi connectivity index (χ3v) is 6.96. The third kappa shape index (κ3) is 8.53. The third-order valence-electron chi connectivity index (χ3n) is 6.53. The fourth-order valence-corrected chi connectivity index (χ4v) is 5.10. The normalized spacial score (nSPS) is 12.1. The number of hydrogen-bond acceptors (Lipinski definition) is 4. The molecule has 8 nitrogen and oxygen atoms in total. The van der Waals surface area contributed by atoms with Crippen molar-refractivity contribution in [2.45, 2.75) is 39.3 Å². The lowest BCUT2D eigenvalue weighted by atomic mass is 10.0. The topological polar surface area (TPSA) is 82.8 Å². The van der Waals surface area contributed by atoms with Gasteiger partial charge in [-0.25, -0.2) is 9.36 Å². The zero-order valence-corrected chi connectivity index (χ0v) is 24.9. The zero-order chi connectivity index (χ0) is 27.6. The Kier molecular flexibility index (Phi) is 12.0. The van der Waals surface area contributed by atoms with E-state index in [1.807, 2.05) is 65.5 Å². The average molecular weight is 630 g/mol. The Hall–Kier alpha value is -3.43. The van der Waals surface area contributed by atoms with Crippen molar-refractivity contribution < 1.29 is 36.1 Å². The van der Waals surface area contributed by atoms with E-state index >= 15 is 0 Å². The molecule has 0 spiro atoms. The highest BCUT2D eigenvalue weighted by Gasteiger charge is 2.23. The molecule has 0 unspecified atom stereocenters. The van der Waals surface area contributed by atoms with Gasteiger partial charge < -0.3 is 32.3 Å². The second-order valence-electron chi connectivity index (χ2n) is 9.43. The molecule has 0 saturated carbocycles. The number of para-hydroxylation sites is 1. The Labute approximate surface area is 249 Å². The van der Waals surface area contributed by atoms with Crippen molar-refractivity contribution in [1.82, 2.24) is 10.2 Å². The number of hydrogen-bond donors (Lipinski definition) is 1. The number of aryl methyl sites for hydroxylation is 1. The molecule has 0 saturated heterocycles. The number of nitrogens with one attached hydrogen (secondary N) is 1. The van der Waals surface area contributed by atoms with Gasteiger partial charge in [-0.1, -0.05) is 49.4 Å². The number of pyridine rings is 1. The summed E-state index contributed by atoms with van der Waals surface area (Å²) in [6.45, 7) is 4.52. The summed E-state index contributed by atoms with van der Waals surface area (Å²) in [5.41, 5.74) is 3.65. The van der Waals surface area contributed by atoms with Crippen LogP contribution in [0.4, 0.5) is 10.5 Å². The van der Waals surface area contributed by atoms with Crippen LogP contribution in [0.5, 0.6) is 0 Å². The van der Waals surface area contributed by atoms with Gasteiger partial charge in [0, 0.05) is 38.2 Å². The lowest BCUT2D eigenvalue weighted by Crippen LogP contribution is -3.00. The Bertz CT molecular complexity index is 1310. The molecule has 40 heavy (non-hydrogen) atoms.